The van der Waals surface area contributed by atoms with Crippen LogP contribution in [-0.2, 0) is 11.2 Å². The zero-order chi connectivity index (χ0) is 29.3. The second-order valence-corrected chi connectivity index (χ2v) is 10.9. The van der Waals surface area contributed by atoms with E-state index in [2.05, 4.69) is 87.9 Å². The smallest absolute Gasteiger partial charge is 0.324 e. The highest BCUT2D eigenvalue weighted by atomic mass is 35.5. The molecule has 0 aliphatic carbocycles. The predicted molar refractivity (Wildman–Crippen MR) is 168 cm³/mol. The molecule has 0 atom stereocenters. The van der Waals surface area contributed by atoms with E-state index >= 15 is 0 Å². The van der Waals surface area contributed by atoms with Gasteiger partial charge in [0.2, 0.25) is 5.82 Å². The summed E-state index contributed by atoms with van der Waals surface area (Å²) in [5, 5.41) is 15.4. The third-order valence-electron chi connectivity index (χ3n) is 7.79. The van der Waals surface area contributed by atoms with Crippen molar-refractivity contribution in [2.24, 2.45) is 0 Å². The zero-order valence-electron chi connectivity index (χ0n) is 23.8. The van der Waals surface area contributed by atoms with E-state index in [0.29, 0.717) is 11.8 Å². The molecule has 0 amide bonds. The maximum absolute atomic E-state index is 8.36. The van der Waals surface area contributed by atoms with Gasteiger partial charge >= 0.3 is 6.01 Å². The molecule has 0 saturated carbocycles. The molecule has 1 fully saturated rings. The molecule has 2 aliphatic heterocycles. The van der Waals surface area contributed by atoms with Crippen molar-refractivity contribution in [3.8, 4) is 22.5 Å². The van der Waals surface area contributed by atoms with Crippen molar-refractivity contribution in [2.45, 2.75) is 19.8 Å². The Labute approximate surface area is 251 Å². The van der Waals surface area contributed by atoms with Crippen LogP contribution in [-0.4, -0.2) is 72.4 Å². The number of halogens is 1. The Morgan fingerprint density at radius 1 is 1.00 bits per heavy atom. The molecular formula is C33H36ClN5O3. The fraction of sp³-hybridized carbons (Fsp3) is 0.303. The summed E-state index contributed by atoms with van der Waals surface area (Å²) in [6.07, 6.45) is 4.38. The number of hydrogen-bond acceptors (Lipinski definition) is 7. The van der Waals surface area contributed by atoms with Crippen LogP contribution in [0.2, 0.25) is 5.02 Å². The first-order valence-corrected chi connectivity index (χ1v) is 14.7. The van der Waals surface area contributed by atoms with E-state index in [1.54, 1.807) is 0 Å². The predicted octanol–water partition coefficient (Wildman–Crippen LogP) is 5.81. The Morgan fingerprint density at radius 3 is 2.45 bits per heavy atom. The topological polar surface area (TPSA) is 94.7 Å². The number of anilines is 1. The van der Waals surface area contributed by atoms with Gasteiger partial charge in [0.15, 0.2) is 0 Å². The molecule has 1 saturated heterocycles. The average molecular weight is 586 g/mol. The molecule has 3 aromatic carbocycles. The van der Waals surface area contributed by atoms with Gasteiger partial charge in [-0.3, -0.25) is 9.69 Å². The Morgan fingerprint density at radius 2 is 1.74 bits per heavy atom. The number of carboxylic acid groups (broad SMARTS) is 1. The molecule has 2 N–H and O–H groups in total. The van der Waals surface area contributed by atoms with Gasteiger partial charge in [-0.2, -0.15) is 4.98 Å². The van der Waals surface area contributed by atoms with Crippen LogP contribution in [0.1, 0.15) is 23.1 Å². The normalized spacial score (nSPS) is 15.5. The number of piperazine rings is 1. The van der Waals surface area contributed by atoms with E-state index < -0.39 is 0 Å². The monoisotopic (exact) mass is 585 g/mol. The van der Waals surface area contributed by atoms with Gasteiger partial charge in [0.1, 0.15) is 0 Å². The van der Waals surface area contributed by atoms with Crippen LogP contribution in [0.25, 0.3) is 28.1 Å². The summed E-state index contributed by atoms with van der Waals surface area (Å²) in [5.41, 5.74) is 8.76. The SMILES string of the molecule is Cc1ccc(-c2ccc(-c3noc(N4CCN(CCc5cccc(Cl)c5)CC4)n3)cc2)cc1C1=CCNCC1.O=CO. The molecule has 2 aliphatic rings. The van der Waals surface area contributed by atoms with Crippen molar-refractivity contribution in [1.82, 2.24) is 20.4 Å². The van der Waals surface area contributed by atoms with Gasteiger partial charge in [0.25, 0.3) is 6.47 Å². The number of carbonyl (C=O) groups is 1. The number of nitrogens with one attached hydrogen (secondary N) is 1. The zero-order valence-corrected chi connectivity index (χ0v) is 24.6. The fourth-order valence-electron chi connectivity index (χ4n) is 5.43. The Balaban J connectivity index is 0.00000113. The number of benzene rings is 3. The van der Waals surface area contributed by atoms with Crippen molar-refractivity contribution < 1.29 is 14.4 Å². The minimum atomic E-state index is -0.250. The largest absolute Gasteiger partial charge is 0.483 e. The fourth-order valence-corrected chi connectivity index (χ4v) is 5.64. The third kappa shape index (κ3) is 7.45. The Bertz CT molecular complexity index is 1510. The lowest BCUT2D eigenvalue weighted by Crippen LogP contribution is -2.47. The lowest BCUT2D eigenvalue weighted by Gasteiger charge is -2.33. The van der Waals surface area contributed by atoms with Crippen LogP contribution in [0.15, 0.2) is 77.3 Å². The molecular weight excluding hydrogens is 550 g/mol. The summed E-state index contributed by atoms with van der Waals surface area (Å²) >= 11 is 6.13. The first-order chi connectivity index (χ1) is 20.5. The van der Waals surface area contributed by atoms with E-state index in [9.17, 15) is 0 Å². The molecule has 0 radical (unpaired) electrons. The van der Waals surface area contributed by atoms with E-state index in [-0.39, 0.29) is 6.47 Å². The Hall–Kier alpha value is -3.98. The lowest BCUT2D eigenvalue weighted by atomic mass is 9.92. The van der Waals surface area contributed by atoms with Gasteiger partial charge < -0.3 is 19.8 Å². The number of nitrogens with zero attached hydrogens (tertiary/aromatic N) is 4. The van der Waals surface area contributed by atoms with E-state index in [0.717, 1.165) is 69.2 Å². The summed E-state index contributed by atoms with van der Waals surface area (Å²) in [7, 11) is 0. The average Bonchev–Trinajstić information content (AvgIpc) is 3.52. The van der Waals surface area contributed by atoms with Crippen LogP contribution in [0.3, 0.4) is 0 Å². The van der Waals surface area contributed by atoms with Crippen molar-refractivity contribution in [3.63, 3.8) is 0 Å². The molecule has 218 valence electrons. The lowest BCUT2D eigenvalue weighted by molar-refractivity contribution is -0.122. The number of aromatic nitrogens is 2. The summed E-state index contributed by atoms with van der Waals surface area (Å²) in [6, 6.07) is 23.9. The molecule has 9 heteroatoms. The van der Waals surface area contributed by atoms with Crippen LogP contribution in [0, 0.1) is 6.92 Å². The second kappa shape index (κ2) is 14.3. The van der Waals surface area contributed by atoms with Crippen molar-refractivity contribution in [2.75, 3.05) is 50.7 Å². The molecule has 0 bridgehead atoms. The molecule has 0 unspecified atom stereocenters. The maximum atomic E-state index is 8.36. The molecule has 1 aromatic heterocycles. The maximum Gasteiger partial charge on any atom is 0.324 e. The van der Waals surface area contributed by atoms with Gasteiger partial charge in [0.05, 0.1) is 0 Å². The van der Waals surface area contributed by atoms with Crippen LogP contribution < -0.4 is 10.2 Å². The van der Waals surface area contributed by atoms with Gasteiger partial charge in [0, 0.05) is 49.9 Å². The van der Waals surface area contributed by atoms with Crippen LogP contribution >= 0.6 is 11.6 Å². The van der Waals surface area contributed by atoms with E-state index in [1.807, 2.05) is 12.1 Å². The van der Waals surface area contributed by atoms with Gasteiger partial charge in [-0.1, -0.05) is 71.4 Å². The van der Waals surface area contributed by atoms with E-state index in [4.69, 9.17) is 31.0 Å². The van der Waals surface area contributed by atoms with Crippen LogP contribution in [0.5, 0.6) is 0 Å². The number of rotatable bonds is 7. The molecule has 8 nitrogen and oxygen atoms in total. The minimum Gasteiger partial charge on any atom is -0.483 e. The van der Waals surface area contributed by atoms with Gasteiger partial charge in [-0.15, -0.1) is 0 Å². The standard InChI is InChI=1S/C32H34ClN5O.CH2O2/c1-23-5-6-28(22-30(23)26-11-14-34-15-12-26)25-7-9-27(10-8-25)31-35-32(39-36-31)38-19-17-37(18-20-38)16-13-24-3-2-4-29(33)21-24;2-1-3/h2-11,21-22,34H,12-20H2,1H3;1H,(H,2,3). The first kappa shape index (κ1) is 29.5. The summed E-state index contributed by atoms with van der Waals surface area (Å²) in [5.74, 6) is 0.629. The minimum absolute atomic E-state index is 0.250. The summed E-state index contributed by atoms with van der Waals surface area (Å²) < 4.78 is 5.67. The van der Waals surface area contributed by atoms with Crippen molar-refractivity contribution in [3.05, 3.63) is 94.5 Å². The highest BCUT2D eigenvalue weighted by Crippen LogP contribution is 2.30. The van der Waals surface area contributed by atoms with Crippen molar-refractivity contribution in [1.29, 1.82) is 0 Å². The number of aryl methyl sites for hydroxylation is 1. The summed E-state index contributed by atoms with van der Waals surface area (Å²) in [6.45, 7) is 8.64. The molecule has 4 aromatic rings. The van der Waals surface area contributed by atoms with Crippen LogP contribution in [0.4, 0.5) is 6.01 Å². The number of hydrogen-bond donors (Lipinski definition) is 2. The highest BCUT2D eigenvalue weighted by molar-refractivity contribution is 6.30. The molecule has 6 rings (SSSR count). The highest BCUT2D eigenvalue weighted by Gasteiger charge is 2.22. The summed E-state index contributed by atoms with van der Waals surface area (Å²) in [4.78, 5) is 17.7. The molecule has 42 heavy (non-hydrogen) atoms. The molecule has 3 heterocycles. The Kier molecular flexibility index (Phi) is 10.0. The van der Waals surface area contributed by atoms with Gasteiger partial charge in [-0.25, -0.2) is 0 Å². The van der Waals surface area contributed by atoms with Gasteiger partial charge in [-0.05, 0) is 77.9 Å². The quantitative estimate of drug-likeness (QED) is 0.263. The first-order valence-electron chi connectivity index (χ1n) is 14.3. The van der Waals surface area contributed by atoms with E-state index in [1.165, 1.54) is 33.4 Å². The molecule has 0 spiro atoms. The third-order valence-corrected chi connectivity index (χ3v) is 8.02. The van der Waals surface area contributed by atoms with Crippen molar-refractivity contribution >= 4 is 29.7 Å². The second-order valence-electron chi connectivity index (χ2n) is 10.5.